The van der Waals surface area contributed by atoms with Crippen molar-refractivity contribution in [3.05, 3.63) is 58.1 Å². The van der Waals surface area contributed by atoms with E-state index in [1.807, 2.05) is 30.3 Å². The number of nitrogens with zero attached hydrogens (tertiary/aromatic N) is 3. The molecule has 0 saturated heterocycles. The maximum Gasteiger partial charge on any atom is 0.224 e. The molecule has 0 aliphatic rings. The van der Waals surface area contributed by atoms with Crippen LogP contribution in [0.25, 0.3) is 11.0 Å². The molecule has 0 aliphatic carbocycles. The van der Waals surface area contributed by atoms with Gasteiger partial charge in [-0.1, -0.05) is 41.4 Å². The van der Waals surface area contributed by atoms with Gasteiger partial charge in [-0.05, 0) is 31.2 Å². The van der Waals surface area contributed by atoms with E-state index < -0.39 is 0 Å². The lowest BCUT2D eigenvalue weighted by Crippen LogP contribution is -2.01. The highest BCUT2D eigenvalue weighted by atomic mass is 35.5. The molecule has 0 aliphatic heterocycles. The smallest absolute Gasteiger partial charge is 0.224 e. The highest BCUT2D eigenvalue weighted by Crippen LogP contribution is 2.21. The van der Waals surface area contributed by atoms with E-state index in [1.54, 1.807) is 18.3 Å². The van der Waals surface area contributed by atoms with Crippen LogP contribution < -0.4 is 5.43 Å². The molecule has 0 saturated carbocycles. The minimum atomic E-state index is 0.557. The Balaban J connectivity index is 1.85. The van der Waals surface area contributed by atoms with Gasteiger partial charge in [-0.25, -0.2) is 10.4 Å². The fourth-order valence-corrected chi connectivity index (χ4v) is 2.70. The number of anilines is 1. The molecule has 1 heterocycles. The summed E-state index contributed by atoms with van der Waals surface area (Å²) in [7, 11) is 0. The predicted octanol–water partition coefficient (Wildman–Crippen LogP) is 4.81. The van der Waals surface area contributed by atoms with Crippen molar-refractivity contribution in [2.45, 2.75) is 13.5 Å². The van der Waals surface area contributed by atoms with Crippen molar-refractivity contribution in [1.82, 2.24) is 9.55 Å². The number of benzene rings is 2. The second kappa shape index (κ2) is 6.38. The van der Waals surface area contributed by atoms with E-state index >= 15 is 0 Å². The molecule has 0 amide bonds. The van der Waals surface area contributed by atoms with Crippen LogP contribution in [-0.2, 0) is 6.54 Å². The van der Waals surface area contributed by atoms with Crippen molar-refractivity contribution in [2.75, 3.05) is 5.43 Å². The summed E-state index contributed by atoms with van der Waals surface area (Å²) in [6.45, 7) is 2.87. The number of aryl methyl sites for hydroxylation is 1. The molecule has 3 rings (SSSR count). The van der Waals surface area contributed by atoms with Gasteiger partial charge in [-0.3, -0.25) is 0 Å². The quantitative estimate of drug-likeness (QED) is 0.550. The van der Waals surface area contributed by atoms with Gasteiger partial charge in [0, 0.05) is 17.1 Å². The number of hydrogen-bond donors (Lipinski definition) is 1. The third kappa shape index (κ3) is 2.93. The first-order chi connectivity index (χ1) is 10.7. The molecule has 0 radical (unpaired) electrons. The molecule has 3 aromatic rings. The maximum absolute atomic E-state index is 6.11. The SMILES string of the molecule is CCn1c(N/N=C\c2ccc(Cl)cc2Cl)nc2ccccc21. The van der Waals surface area contributed by atoms with Crippen molar-refractivity contribution < 1.29 is 0 Å². The first-order valence-corrected chi connectivity index (χ1v) is 7.64. The van der Waals surface area contributed by atoms with Gasteiger partial charge in [0.15, 0.2) is 0 Å². The number of para-hydroxylation sites is 2. The summed E-state index contributed by atoms with van der Waals surface area (Å²) in [4.78, 5) is 4.54. The van der Waals surface area contributed by atoms with Crippen LogP contribution in [0, 0.1) is 0 Å². The van der Waals surface area contributed by atoms with Gasteiger partial charge in [0.2, 0.25) is 5.95 Å². The van der Waals surface area contributed by atoms with E-state index in [-0.39, 0.29) is 0 Å². The molecular weight excluding hydrogens is 319 g/mol. The highest BCUT2D eigenvalue weighted by Gasteiger charge is 2.07. The van der Waals surface area contributed by atoms with Gasteiger partial charge in [0.25, 0.3) is 0 Å². The van der Waals surface area contributed by atoms with Crippen LogP contribution >= 0.6 is 23.2 Å². The van der Waals surface area contributed by atoms with E-state index in [4.69, 9.17) is 23.2 Å². The average molecular weight is 333 g/mol. The Hall–Kier alpha value is -2.04. The normalized spacial score (nSPS) is 11.4. The molecule has 1 aromatic heterocycles. The second-order valence-electron chi connectivity index (χ2n) is 4.70. The number of imidazole rings is 1. The third-order valence-corrected chi connectivity index (χ3v) is 3.86. The zero-order chi connectivity index (χ0) is 15.5. The van der Waals surface area contributed by atoms with E-state index in [9.17, 15) is 0 Å². The first kappa shape index (κ1) is 14.9. The fraction of sp³-hybridized carbons (Fsp3) is 0.125. The Morgan fingerprint density at radius 1 is 1.23 bits per heavy atom. The van der Waals surface area contributed by atoms with E-state index in [1.165, 1.54) is 0 Å². The number of fused-ring (bicyclic) bond motifs is 1. The predicted molar refractivity (Wildman–Crippen MR) is 93.1 cm³/mol. The molecular formula is C16H14Cl2N4. The van der Waals surface area contributed by atoms with Gasteiger partial charge >= 0.3 is 0 Å². The molecule has 0 bridgehead atoms. The van der Waals surface area contributed by atoms with Crippen molar-refractivity contribution in [3.8, 4) is 0 Å². The molecule has 4 nitrogen and oxygen atoms in total. The van der Waals surface area contributed by atoms with Gasteiger partial charge < -0.3 is 4.57 Å². The monoisotopic (exact) mass is 332 g/mol. The van der Waals surface area contributed by atoms with Gasteiger partial charge in [-0.15, -0.1) is 0 Å². The van der Waals surface area contributed by atoms with Crippen LogP contribution in [0.15, 0.2) is 47.6 Å². The zero-order valence-electron chi connectivity index (χ0n) is 11.9. The number of halogens is 2. The fourth-order valence-electron chi connectivity index (χ4n) is 2.25. The number of nitrogens with one attached hydrogen (secondary N) is 1. The van der Waals surface area contributed by atoms with E-state index in [0.29, 0.717) is 16.0 Å². The van der Waals surface area contributed by atoms with Crippen LogP contribution in [0.4, 0.5) is 5.95 Å². The molecule has 0 atom stereocenters. The Morgan fingerprint density at radius 3 is 2.82 bits per heavy atom. The molecule has 0 spiro atoms. The lowest BCUT2D eigenvalue weighted by molar-refractivity contribution is 0.791. The van der Waals surface area contributed by atoms with Crippen LogP contribution in [-0.4, -0.2) is 15.8 Å². The Labute approximate surface area is 138 Å². The van der Waals surface area contributed by atoms with Crippen molar-refractivity contribution >= 4 is 46.4 Å². The largest absolute Gasteiger partial charge is 0.309 e. The molecule has 112 valence electrons. The van der Waals surface area contributed by atoms with E-state index in [0.717, 1.165) is 23.1 Å². The molecule has 1 N–H and O–H groups in total. The molecule has 6 heteroatoms. The highest BCUT2D eigenvalue weighted by molar-refractivity contribution is 6.36. The first-order valence-electron chi connectivity index (χ1n) is 6.88. The summed E-state index contributed by atoms with van der Waals surface area (Å²) in [5.74, 6) is 0.699. The van der Waals surface area contributed by atoms with Crippen molar-refractivity contribution in [3.63, 3.8) is 0 Å². The Bertz CT molecular complexity index is 839. The summed E-state index contributed by atoms with van der Waals surface area (Å²) in [5, 5.41) is 5.38. The standard InChI is InChI=1S/C16H14Cl2N4/c1-2-22-15-6-4-3-5-14(15)20-16(22)21-19-10-11-7-8-12(17)9-13(11)18/h3-10H,2H2,1H3,(H,20,21)/b19-10-. The second-order valence-corrected chi connectivity index (χ2v) is 5.55. The topological polar surface area (TPSA) is 42.2 Å². The minimum Gasteiger partial charge on any atom is -0.309 e. The number of hydrazone groups is 1. The Kier molecular flexibility index (Phi) is 4.32. The Morgan fingerprint density at radius 2 is 2.05 bits per heavy atom. The summed E-state index contributed by atoms with van der Waals surface area (Å²) >= 11 is 12.0. The summed E-state index contributed by atoms with van der Waals surface area (Å²) in [6.07, 6.45) is 1.65. The van der Waals surface area contributed by atoms with Gasteiger partial charge in [0.05, 0.1) is 22.3 Å². The number of aromatic nitrogens is 2. The van der Waals surface area contributed by atoms with E-state index in [2.05, 4.69) is 27.0 Å². The molecule has 2 aromatic carbocycles. The number of rotatable bonds is 4. The van der Waals surface area contributed by atoms with Crippen molar-refractivity contribution in [1.29, 1.82) is 0 Å². The lowest BCUT2D eigenvalue weighted by atomic mass is 10.2. The summed E-state index contributed by atoms with van der Waals surface area (Å²) in [6, 6.07) is 13.3. The maximum atomic E-state index is 6.11. The van der Waals surface area contributed by atoms with Gasteiger partial charge in [-0.2, -0.15) is 5.10 Å². The molecule has 0 fully saturated rings. The van der Waals surface area contributed by atoms with Crippen LogP contribution in [0.3, 0.4) is 0 Å². The average Bonchev–Trinajstić information content (AvgIpc) is 2.87. The zero-order valence-corrected chi connectivity index (χ0v) is 13.4. The van der Waals surface area contributed by atoms with Gasteiger partial charge in [0.1, 0.15) is 0 Å². The van der Waals surface area contributed by atoms with Crippen LogP contribution in [0.5, 0.6) is 0 Å². The third-order valence-electron chi connectivity index (χ3n) is 3.30. The minimum absolute atomic E-state index is 0.557. The summed E-state index contributed by atoms with van der Waals surface area (Å²) in [5.41, 5.74) is 5.78. The molecule has 0 unspecified atom stereocenters. The van der Waals surface area contributed by atoms with Crippen LogP contribution in [0.2, 0.25) is 10.0 Å². The lowest BCUT2D eigenvalue weighted by Gasteiger charge is -2.04. The number of hydrogen-bond acceptors (Lipinski definition) is 3. The molecule has 22 heavy (non-hydrogen) atoms. The van der Waals surface area contributed by atoms with Crippen LogP contribution in [0.1, 0.15) is 12.5 Å². The summed E-state index contributed by atoms with van der Waals surface area (Å²) < 4.78 is 2.07. The van der Waals surface area contributed by atoms with Crippen molar-refractivity contribution in [2.24, 2.45) is 5.10 Å².